The Morgan fingerprint density at radius 3 is 2.50 bits per heavy atom. The van der Waals surface area contributed by atoms with Gasteiger partial charge in [-0.2, -0.15) is 0 Å². The summed E-state index contributed by atoms with van der Waals surface area (Å²) < 4.78 is 8.08. The molecule has 1 aromatic heterocycles. The molecule has 2 aromatic carbocycles. The molecule has 32 heavy (non-hydrogen) atoms. The average molecular weight is 469 g/mol. The summed E-state index contributed by atoms with van der Waals surface area (Å²) >= 11 is 7.72. The Balaban J connectivity index is 1.40. The number of hydrogen-bond acceptors (Lipinski definition) is 5. The van der Waals surface area contributed by atoms with Gasteiger partial charge in [0.1, 0.15) is 17.6 Å². The van der Waals surface area contributed by atoms with E-state index in [9.17, 15) is 4.79 Å². The first-order valence-corrected chi connectivity index (χ1v) is 12.3. The van der Waals surface area contributed by atoms with E-state index in [4.69, 9.17) is 16.3 Å². The van der Waals surface area contributed by atoms with Crippen LogP contribution in [0.15, 0.2) is 59.8 Å². The van der Waals surface area contributed by atoms with Crippen molar-refractivity contribution >= 4 is 29.3 Å². The lowest BCUT2D eigenvalue weighted by Crippen LogP contribution is -2.31. The van der Waals surface area contributed by atoms with Gasteiger partial charge < -0.3 is 9.64 Å². The van der Waals surface area contributed by atoms with Gasteiger partial charge in [-0.1, -0.05) is 65.8 Å². The standard InChI is InChI=1S/C24H25ClN4O2S/c25-19-10-4-5-11-20(19)31-16-21-26-27-24(29(21)18-12-13-18)32-22(17-8-2-1-3-9-17)23(30)28-14-6-7-15-28/h1-5,8-11,18,22H,6-7,12-16H2. The number of rotatable bonds is 8. The third-order valence-electron chi connectivity index (χ3n) is 5.81. The van der Waals surface area contributed by atoms with E-state index < -0.39 is 0 Å². The van der Waals surface area contributed by atoms with Crippen molar-refractivity contribution in [1.82, 2.24) is 19.7 Å². The van der Waals surface area contributed by atoms with Gasteiger partial charge in [-0.3, -0.25) is 9.36 Å². The number of ether oxygens (including phenoxy) is 1. The van der Waals surface area contributed by atoms with Crippen LogP contribution in [-0.2, 0) is 11.4 Å². The van der Waals surface area contributed by atoms with Crippen LogP contribution < -0.4 is 4.74 Å². The highest BCUT2D eigenvalue weighted by molar-refractivity contribution is 8.00. The fraction of sp³-hybridized carbons (Fsp3) is 0.375. The van der Waals surface area contributed by atoms with E-state index in [-0.39, 0.29) is 17.8 Å². The van der Waals surface area contributed by atoms with E-state index >= 15 is 0 Å². The predicted molar refractivity (Wildman–Crippen MR) is 125 cm³/mol. The molecule has 1 atom stereocenters. The summed E-state index contributed by atoms with van der Waals surface area (Å²) in [6.45, 7) is 1.94. The molecule has 0 spiro atoms. The van der Waals surface area contributed by atoms with Gasteiger partial charge in [-0.15, -0.1) is 10.2 Å². The molecule has 1 unspecified atom stereocenters. The molecular weight excluding hydrogens is 444 g/mol. The number of likely N-dealkylation sites (tertiary alicyclic amines) is 1. The van der Waals surface area contributed by atoms with Crippen LogP contribution in [0.3, 0.4) is 0 Å². The number of hydrogen-bond donors (Lipinski definition) is 0. The van der Waals surface area contributed by atoms with Crippen molar-refractivity contribution in [1.29, 1.82) is 0 Å². The number of para-hydroxylation sites is 1. The fourth-order valence-corrected chi connectivity index (χ4v) is 5.39. The fourth-order valence-electron chi connectivity index (χ4n) is 3.99. The maximum absolute atomic E-state index is 13.4. The van der Waals surface area contributed by atoms with Crippen molar-refractivity contribution in [3.8, 4) is 5.75 Å². The van der Waals surface area contributed by atoms with Crippen LogP contribution in [0.4, 0.5) is 0 Å². The number of benzene rings is 2. The van der Waals surface area contributed by atoms with Gasteiger partial charge in [0.2, 0.25) is 5.91 Å². The molecule has 1 saturated heterocycles. The van der Waals surface area contributed by atoms with E-state index in [1.165, 1.54) is 11.8 Å². The number of thioether (sulfide) groups is 1. The van der Waals surface area contributed by atoms with Gasteiger partial charge in [0.05, 0.1) is 5.02 Å². The number of carbonyl (C=O) groups is 1. The van der Waals surface area contributed by atoms with Crippen molar-refractivity contribution in [3.05, 3.63) is 71.0 Å². The van der Waals surface area contributed by atoms with Crippen LogP contribution in [0.1, 0.15) is 48.4 Å². The molecule has 8 heteroatoms. The third kappa shape index (κ3) is 4.64. The normalized spacial score (nSPS) is 16.8. The Morgan fingerprint density at radius 2 is 1.78 bits per heavy atom. The van der Waals surface area contributed by atoms with E-state index in [0.29, 0.717) is 16.8 Å². The van der Waals surface area contributed by atoms with Crippen LogP contribution in [0, 0.1) is 0 Å². The molecule has 2 aliphatic rings. The summed E-state index contributed by atoms with van der Waals surface area (Å²) in [4.78, 5) is 15.4. The molecule has 2 fully saturated rings. The smallest absolute Gasteiger partial charge is 0.240 e. The van der Waals surface area contributed by atoms with Gasteiger partial charge >= 0.3 is 0 Å². The summed E-state index contributed by atoms with van der Waals surface area (Å²) in [6.07, 6.45) is 4.31. The molecule has 0 N–H and O–H groups in total. The lowest BCUT2D eigenvalue weighted by molar-refractivity contribution is -0.129. The van der Waals surface area contributed by atoms with E-state index in [2.05, 4.69) is 14.8 Å². The quantitative estimate of drug-likeness (QED) is 0.420. The number of carbonyl (C=O) groups excluding carboxylic acids is 1. The SMILES string of the molecule is O=C(C(Sc1nnc(COc2ccccc2Cl)n1C1CC1)c1ccccc1)N1CCCC1. The highest BCUT2D eigenvalue weighted by Crippen LogP contribution is 2.43. The summed E-state index contributed by atoms with van der Waals surface area (Å²) in [5.74, 6) is 1.54. The van der Waals surface area contributed by atoms with Gasteiger partial charge in [0.25, 0.3) is 0 Å². The summed E-state index contributed by atoms with van der Waals surface area (Å²) in [5, 5.41) is 9.90. The molecule has 1 aliphatic carbocycles. The predicted octanol–water partition coefficient (Wildman–Crippen LogP) is 5.30. The molecule has 6 nitrogen and oxygen atoms in total. The molecular formula is C24H25ClN4O2S. The first-order valence-electron chi connectivity index (χ1n) is 11.0. The van der Waals surface area contributed by atoms with Crippen molar-refractivity contribution in [2.75, 3.05) is 13.1 Å². The Bertz CT molecular complexity index is 1080. The van der Waals surface area contributed by atoms with Crippen LogP contribution in [0.2, 0.25) is 5.02 Å². The van der Waals surface area contributed by atoms with E-state index in [0.717, 1.165) is 55.3 Å². The van der Waals surface area contributed by atoms with E-state index in [1.807, 2.05) is 53.4 Å². The Hall–Kier alpha value is -2.51. The zero-order valence-electron chi connectivity index (χ0n) is 17.7. The topological polar surface area (TPSA) is 60.2 Å². The first kappa shape index (κ1) is 21.3. The second-order valence-corrected chi connectivity index (χ2v) is 9.64. The molecule has 0 radical (unpaired) electrons. The van der Waals surface area contributed by atoms with Gasteiger partial charge in [0.15, 0.2) is 11.0 Å². The zero-order valence-corrected chi connectivity index (χ0v) is 19.3. The van der Waals surface area contributed by atoms with E-state index in [1.54, 1.807) is 6.07 Å². The van der Waals surface area contributed by atoms with Gasteiger partial charge in [-0.25, -0.2) is 0 Å². The minimum absolute atomic E-state index is 0.151. The average Bonchev–Trinajstić information content (AvgIpc) is 3.34. The van der Waals surface area contributed by atoms with Gasteiger partial charge in [0, 0.05) is 19.1 Å². The molecule has 5 rings (SSSR count). The van der Waals surface area contributed by atoms with Crippen LogP contribution in [0.25, 0.3) is 0 Å². The number of amides is 1. The summed E-state index contributed by atoms with van der Waals surface area (Å²) in [5.41, 5.74) is 0.994. The first-order chi connectivity index (χ1) is 15.7. The van der Waals surface area contributed by atoms with Gasteiger partial charge in [-0.05, 0) is 43.4 Å². The lowest BCUT2D eigenvalue weighted by Gasteiger charge is -2.23. The van der Waals surface area contributed by atoms with Crippen molar-refractivity contribution in [2.45, 2.75) is 48.7 Å². The minimum Gasteiger partial charge on any atom is -0.484 e. The Morgan fingerprint density at radius 1 is 1.06 bits per heavy atom. The molecule has 3 aromatic rings. The zero-order chi connectivity index (χ0) is 21.9. The molecule has 1 amide bonds. The monoisotopic (exact) mass is 468 g/mol. The maximum Gasteiger partial charge on any atom is 0.240 e. The van der Waals surface area contributed by atoms with Crippen LogP contribution in [0.5, 0.6) is 5.75 Å². The number of aromatic nitrogens is 3. The molecule has 1 aliphatic heterocycles. The minimum atomic E-state index is -0.340. The van der Waals surface area contributed by atoms with Crippen molar-refractivity contribution < 1.29 is 9.53 Å². The van der Waals surface area contributed by atoms with Crippen molar-refractivity contribution in [2.24, 2.45) is 0 Å². The molecule has 2 heterocycles. The highest BCUT2D eigenvalue weighted by Gasteiger charge is 2.34. The largest absolute Gasteiger partial charge is 0.484 e. The Labute approximate surface area is 196 Å². The lowest BCUT2D eigenvalue weighted by atomic mass is 10.1. The van der Waals surface area contributed by atoms with Crippen LogP contribution in [-0.4, -0.2) is 38.7 Å². The summed E-state index contributed by atoms with van der Waals surface area (Å²) in [6, 6.07) is 17.7. The maximum atomic E-state index is 13.4. The highest BCUT2D eigenvalue weighted by atomic mass is 35.5. The van der Waals surface area contributed by atoms with Crippen LogP contribution >= 0.6 is 23.4 Å². The molecule has 0 bridgehead atoms. The molecule has 1 saturated carbocycles. The molecule has 166 valence electrons. The second kappa shape index (κ2) is 9.55. The number of nitrogens with zero attached hydrogens (tertiary/aromatic N) is 4. The number of halogens is 1. The summed E-state index contributed by atoms with van der Waals surface area (Å²) in [7, 11) is 0. The Kier molecular flexibility index (Phi) is 6.37. The van der Waals surface area contributed by atoms with Crippen molar-refractivity contribution in [3.63, 3.8) is 0 Å². The third-order valence-corrected chi connectivity index (χ3v) is 7.32. The second-order valence-electron chi connectivity index (χ2n) is 8.16.